The van der Waals surface area contributed by atoms with Crippen LogP contribution in [0.25, 0.3) is 0 Å². The van der Waals surface area contributed by atoms with Gasteiger partial charge in [-0.15, -0.1) is 0 Å². The molecular weight excluding hydrogens is 266 g/mol. The zero-order valence-corrected chi connectivity index (χ0v) is 12.0. The quantitative estimate of drug-likeness (QED) is 0.888. The van der Waals surface area contributed by atoms with Gasteiger partial charge in [-0.3, -0.25) is 0 Å². The Labute approximate surface area is 107 Å². The van der Waals surface area contributed by atoms with Crippen molar-refractivity contribution in [3.8, 4) is 0 Å². The molecule has 0 fully saturated rings. The lowest BCUT2D eigenvalue weighted by atomic mass is 10.0. The number of aryl methyl sites for hydroxylation is 1. The topological polar surface area (TPSA) is 21.3 Å². The third-order valence-corrected chi connectivity index (χ3v) is 3.17. The number of ether oxygens (including phenoxy) is 1. The van der Waals surface area contributed by atoms with Crippen LogP contribution in [0.15, 0.2) is 22.7 Å². The second-order valence-electron chi connectivity index (χ2n) is 4.41. The Kier molecular flexibility index (Phi) is 5.29. The van der Waals surface area contributed by atoms with E-state index in [0.29, 0.717) is 12.0 Å². The standard InChI is InChI=1S/C13H20BrNO/c1-9(2)13(8-16-4)15-12-6-5-11(14)7-10(12)3/h5-7,9,13,15H,8H2,1-4H3. The first-order valence-electron chi connectivity index (χ1n) is 5.56. The molecule has 0 saturated heterocycles. The summed E-state index contributed by atoms with van der Waals surface area (Å²) in [5.74, 6) is 0.544. The maximum atomic E-state index is 5.23. The lowest BCUT2D eigenvalue weighted by Gasteiger charge is -2.23. The highest BCUT2D eigenvalue weighted by Gasteiger charge is 2.13. The number of hydrogen-bond donors (Lipinski definition) is 1. The second kappa shape index (κ2) is 6.26. The van der Waals surface area contributed by atoms with Crippen molar-refractivity contribution in [1.29, 1.82) is 0 Å². The first-order chi connectivity index (χ1) is 7.54. The predicted molar refractivity (Wildman–Crippen MR) is 73.0 cm³/mol. The smallest absolute Gasteiger partial charge is 0.0666 e. The summed E-state index contributed by atoms with van der Waals surface area (Å²) in [5, 5.41) is 3.53. The summed E-state index contributed by atoms with van der Waals surface area (Å²) in [4.78, 5) is 0. The van der Waals surface area contributed by atoms with E-state index in [2.05, 4.69) is 60.2 Å². The van der Waals surface area contributed by atoms with Crippen molar-refractivity contribution in [3.05, 3.63) is 28.2 Å². The van der Waals surface area contributed by atoms with Crippen LogP contribution in [-0.4, -0.2) is 19.8 Å². The SMILES string of the molecule is COCC(Nc1ccc(Br)cc1C)C(C)C. The van der Waals surface area contributed by atoms with E-state index in [-0.39, 0.29) is 0 Å². The molecule has 16 heavy (non-hydrogen) atoms. The van der Waals surface area contributed by atoms with E-state index in [1.807, 2.05) is 0 Å². The fourth-order valence-corrected chi connectivity index (χ4v) is 2.04. The Morgan fingerprint density at radius 3 is 2.56 bits per heavy atom. The third kappa shape index (κ3) is 3.80. The summed E-state index contributed by atoms with van der Waals surface area (Å²) in [5.41, 5.74) is 2.43. The molecule has 0 aliphatic heterocycles. The second-order valence-corrected chi connectivity index (χ2v) is 5.33. The van der Waals surface area contributed by atoms with Gasteiger partial charge in [0.25, 0.3) is 0 Å². The first-order valence-corrected chi connectivity index (χ1v) is 6.35. The Balaban J connectivity index is 2.77. The molecule has 0 radical (unpaired) electrons. The van der Waals surface area contributed by atoms with Gasteiger partial charge in [-0.05, 0) is 36.6 Å². The van der Waals surface area contributed by atoms with Crippen LogP contribution in [0.5, 0.6) is 0 Å². The molecule has 90 valence electrons. The number of halogens is 1. The Morgan fingerprint density at radius 1 is 1.38 bits per heavy atom. The minimum atomic E-state index is 0.352. The van der Waals surface area contributed by atoms with Gasteiger partial charge in [0.1, 0.15) is 0 Å². The monoisotopic (exact) mass is 285 g/mol. The van der Waals surface area contributed by atoms with E-state index < -0.39 is 0 Å². The largest absolute Gasteiger partial charge is 0.383 e. The summed E-state index contributed by atoms with van der Waals surface area (Å²) in [6.07, 6.45) is 0. The minimum absolute atomic E-state index is 0.352. The Bertz CT molecular complexity index is 339. The fraction of sp³-hybridized carbons (Fsp3) is 0.538. The number of benzene rings is 1. The van der Waals surface area contributed by atoms with Gasteiger partial charge in [0.15, 0.2) is 0 Å². The lowest BCUT2D eigenvalue weighted by Crippen LogP contribution is -2.30. The van der Waals surface area contributed by atoms with Gasteiger partial charge >= 0.3 is 0 Å². The van der Waals surface area contributed by atoms with Crippen LogP contribution in [0.3, 0.4) is 0 Å². The van der Waals surface area contributed by atoms with Crippen molar-refractivity contribution in [3.63, 3.8) is 0 Å². The lowest BCUT2D eigenvalue weighted by molar-refractivity contribution is 0.171. The number of anilines is 1. The van der Waals surface area contributed by atoms with Gasteiger partial charge in [0.2, 0.25) is 0 Å². The van der Waals surface area contributed by atoms with E-state index in [1.165, 1.54) is 11.3 Å². The maximum absolute atomic E-state index is 5.23. The van der Waals surface area contributed by atoms with Crippen molar-refractivity contribution in [2.24, 2.45) is 5.92 Å². The molecule has 0 aromatic heterocycles. The average molecular weight is 286 g/mol. The molecule has 0 heterocycles. The highest BCUT2D eigenvalue weighted by molar-refractivity contribution is 9.10. The molecule has 1 rings (SSSR count). The van der Waals surface area contributed by atoms with E-state index >= 15 is 0 Å². The summed E-state index contributed by atoms with van der Waals surface area (Å²) >= 11 is 3.47. The molecule has 1 aromatic rings. The molecule has 2 nitrogen and oxygen atoms in total. The van der Waals surface area contributed by atoms with Gasteiger partial charge in [-0.1, -0.05) is 29.8 Å². The van der Waals surface area contributed by atoms with Crippen molar-refractivity contribution in [1.82, 2.24) is 0 Å². The normalized spacial score (nSPS) is 12.9. The summed E-state index contributed by atoms with van der Waals surface area (Å²) < 4.78 is 6.34. The van der Waals surface area contributed by atoms with Crippen LogP contribution in [0.2, 0.25) is 0 Å². The van der Waals surface area contributed by atoms with Gasteiger partial charge in [-0.25, -0.2) is 0 Å². The molecule has 1 aromatic carbocycles. The van der Waals surface area contributed by atoms with Crippen LogP contribution in [0.1, 0.15) is 19.4 Å². The van der Waals surface area contributed by atoms with E-state index in [0.717, 1.165) is 11.1 Å². The molecule has 0 spiro atoms. The van der Waals surface area contributed by atoms with E-state index in [4.69, 9.17) is 4.74 Å². The summed E-state index contributed by atoms with van der Waals surface area (Å²) in [7, 11) is 1.74. The Hall–Kier alpha value is -0.540. The van der Waals surface area contributed by atoms with E-state index in [9.17, 15) is 0 Å². The molecule has 0 aliphatic rings. The minimum Gasteiger partial charge on any atom is -0.383 e. The molecule has 1 atom stereocenters. The van der Waals surface area contributed by atoms with Crippen LogP contribution >= 0.6 is 15.9 Å². The molecule has 0 aliphatic carbocycles. The van der Waals surface area contributed by atoms with Crippen molar-refractivity contribution >= 4 is 21.6 Å². The number of hydrogen-bond acceptors (Lipinski definition) is 2. The van der Waals surface area contributed by atoms with Gasteiger partial charge in [0.05, 0.1) is 12.6 Å². The third-order valence-electron chi connectivity index (χ3n) is 2.68. The molecular formula is C13H20BrNO. The number of nitrogens with one attached hydrogen (secondary N) is 1. The van der Waals surface area contributed by atoms with Gasteiger partial charge in [0, 0.05) is 17.3 Å². The summed E-state index contributed by atoms with van der Waals surface area (Å²) in [6.45, 7) is 7.24. The van der Waals surface area contributed by atoms with Crippen molar-refractivity contribution < 1.29 is 4.74 Å². The van der Waals surface area contributed by atoms with Crippen LogP contribution in [0, 0.1) is 12.8 Å². The fourth-order valence-electron chi connectivity index (χ4n) is 1.57. The molecule has 0 amide bonds. The van der Waals surface area contributed by atoms with Crippen LogP contribution < -0.4 is 5.32 Å². The zero-order valence-electron chi connectivity index (χ0n) is 10.4. The zero-order chi connectivity index (χ0) is 12.1. The molecule has 3 heteroatoms. The van der Waals surface area contributed by atoms with E-state index in [1.54, 1.807) is 7.11 Å². The van der Waals surface area contributed by atoms with Gasteiger partial charge < -0.3 is 10.1 Å². The highest BCUT2D eigenvalue weighted by Crippen LogP contribution is 2.22. The predicted octanol–water partition coefficient (Wildman–Crippen LogP) is 3.84. The van der Waals surface area contributed by atoms with Crippen molar-refractivity contribution in [2.75, 3.05) is 19.0 Å². The molecule has 1 unspecified atom stereocenters. The van der Waals surface area contributed by atoms with Crippen LogP contribution in [0.4, 0.5) is 5.69 Å². The van der Waals surface area contributed by atoms with Gasteiger partial charge in [-0.2, -0.15) is 0 Å². The van der Waals surface area contributed by atoms with Crippen molar-refractivity contribution in [2.45, 2.75) is 26.8 Å². The number of methoxy groups -OCH3 is 1. The number of rotatable bonds is 5. The molecule has 1 N–H and O–H groups in total. The molecule has 0 bridgehead atoms. The first kappa shape index (κ1) is 13.5. The average Bonchev–Trinajstić information content (AvgIpc) is 2.20. The molecule has 0 saturated carbocycles. The Morgan fingerprint density at radius 2 is 2.06 bits per heavy atom. The summed E-state index contributed by atoms with van der Waals surface area (Å²) in [6, 6.07) is 6.63. The maximum Gasteiger partial charge on any atom is 0.0666 e. The van der Waals surface area contributed by atoms with Crippen LogP contribution in [-0.2, 0) is 4.74 Å². The highest BCUT2D eigenvalue weighted by atomic mass is 79.9.